The van der Waals surface area contributed by atoms with Crippen LogP contribution >= 0.6 is 0 Å². The summed E-state index contributed by atoms with van der Waals surface area (Å²) in [5.74, 6) is -0.393. The molecule has 21 heavy (non-hydrogen) atoms. The van der Waals surface area contributed by atoms with Gasteiger partial charge >= 0.3 is 5.97 Å². The molecule has 0 bridgehead atoms. The second-order valence-corrected chi connectivity index (χ2v) is 5.66. The quantitative estimate of drug-likeness (QED) is 0.812. The van der Waals surface area contributed by atoms with Gasteiger partial charge in [0.1, 0.15) is 0 Å². The summed E-state index contributed by atoms with van der Waals surface area (Å²) in [5, 5.41) is 22.2. The van der Waals surface area contributed by atoms with E-state index in [0.29, 0.717) is 5.92 Å². The maximum atomic E-state index is 12.0. The first kappa shape index (κ1) is 15.5. The molecule has 1 aromatic rings. The van der Waals surface area contributed by atoms with Crippen LogP contribution in [0.15, 0.2) is 17.1 Å². The Morgan fingerprint density at radius 2 is 2.14 bits per heavy atom. The molecule has 1 aliphatic heterocycles. The molecule has 116 valence electrons. The summed E-state index contributed by atoms with van der Waals surface area (Å²) in [5.41, 5.74) is 0.464. The average Bonchev–Trinajstić information content (AvgIpc) is 2.41. The first-order valence-corrected chi connectivity index (χ1v) is 7.17. The van der Waals surface area contributed by atoms with Crippen LogP contribution in [0.3, 0.4) is 0 Å². The van der Waals surface area contributed by atoms with Crippen molar-refractivity contribution < 1.29 is 15.0 Å². The van der Waals surface area contributed by atoms with E-state index in [1.54, 1.807) is 6.20 Å². The lowest BCUT2D eigenvalue weighted by Gasteiger charge is -2.31. The Bertz CT molecular complexity index is 549. The van der Waals surface area contributed by atoms with Crippen LogP contribution in [0.4, 0.5) is 5.69 Å². The van der Waals surface area contributed by atoms with Crippen LogP contribution in [-0.4, -0.2) is 45.2 Å². The Morgan fingerprint density at radius 3 is 2.71 bits per heavy atom. The van der Waals surface area contributed by atoms with Crippen molar-refractivity contribution in [1.82, 2.24) is 9.78 Å². The average molecular weight is 295 g/mol. The number of anilines is 1. The van der Waals surface area contributed by atoms with E-state index < -0.39 is 18.5 Å². The fraction of sp³-hybridized carbons (Fsp3) is 0.643. The van der Waals surface area contributed by atoms with E-state index in [-0.39, 0.29) is 12.1 Å². The smallest absolute Gasteiger partial charge is 0.306 e. The molecule has 1 aliphatic rings. The van der Waals surface area contributed by atoms with Crippen molar-refractivity contribution in [2.75, 3.05) is 18.0 Å². The Kier molecular flexibility index (Phi) is 4.95. The fourth-order valence-corrected chi connectivity index (χ4v) is 2.47. The molecule has 0 aliphatic carbocycles. The molecule has 0 aromatic carbocycles. The highest BCUT2D eigenvalue weighted by Gasteiger charge is 2.17. The number of piperidine rings is 1. The SMILES string of the molecule is CC1CCN(c2cnn(CC(O)CC(=O)O)c(=O)c2)CC1. The zero-order chi connectivity index (χ0) is 15.4. The van der Waals surface area contributed by atoms with Gasteiger partial charge in [-0.2, -0.15) is 5.10 Å². The summed E-state index contributed by atoms with van der Waals surface area (Å²) in [6.45, 7) is 3.93. The molecule has 7 nitrogen and oxygen atoms in total. The third-order valence-electron chi connectivity index (χ3n) is 3.80. The number of aromatic nitrogens is 2. The van der Waals surface area contributed by atoms with E-state index in [4.69, 9.17) is 5.11 Å². The third-order valence-corrected chi connectivity index (χ3v) is 3.80. The van der Waals surface area contributed by atoms with Gasteiger partial charge in [-0.05, 0) is 18.8 Å². The lowest BCUT2D eigenvalue weighted by molar-refractivity contribution is -0.139. The van der Waals surface area contributed by atoms with Gasteiger partial charge in [-0.1, -0.05) is 6.92 Å². The molecule has 0 amide bonds. The van der Waals surface area contributed by atoms with Crippen molar-refractivity contribution in [3.05, 3.63) is 22.6 Å². The van der Waals surface area contributed by atoms with E-state index >= 15 is 0 Å². The molecule has 1 atom stereocenters. The molecule has 2 rings (SSSR count). The van der Waals surface area contributed by atoms with Crippen LogP contribution in [0, 0.1) is 5.92 Å². The highest BCUT2D eigenvalue weighted by Crippen LogP contribution is 2.20. The van der Waals surface area contributed by atoms with E-state index in [1.165, 1.54) is 6.07 Å². The van der Waals surface area contributed by atoms with Gasteiger partial charge in [0.25, 0.3) is 5.56 Å². The Morgan fingerprint density at radius 1 is 1.48 bits per heavy atom. The van der Waals surface area contributed by atoms with Crippen LogP contribution in [0.5, 0.6) is 0 Å². The molecule has 1 aromatic heterocycles. The van der Waals surface area contributed by atoms with Crippen molar-refractivity contribution in [3.8, 4) is 0 Å². The lowest BCUT2D eigenvalue weighted by Crippen LogP contribution is -2.35. The maximum Gasteiger partial charge on any atom is 0.306 e. The molecule has 7 heteroatoms. The number of aliphatic carboxylic acids is 1. The minimum atomic E-state index is -1.12. The summed E-state index contributed by atoms with van der Waals surface area (Å²) in [6.07, 6.45) is 2.28. The lowest BCUT2D eigenvalue weighted by atomic mass is 9.99. The summed E-state index contributed by atoms with van der Waals surface area (Å²) in [7, 11) is 0. The van der Waals surface area contributed by atoms with E-state index in [1.807, 2.05) is 0 Å². The molecule has 2 heterocycles. The Labute approximate surface area is 122 Å². The maximum absolute atomic E-state index is 12.0. The van der Waals surface area contributed by atoms with Crippen molar-refractivity contribution in [1.29, 1.82) is 0 Å². The van der Waals surface area contributed by atoms with E-state index in [9.17, 15) is 14.7 Å². The normalized spacial score (nSPS) is 17.7. The minimum Gasteiger partial charge on any atom is -0.481 e. The van der Waals surface area contributed by atoms with Crippen molar-refractivity contribution in [2.45, 2.75) is 38.8 Å². The summed E-state index contributed by atoms with van der Waals surface area (Å²) in [6, 6.07) is 1.50. The number of carboxylic acids is 1. The molecule has 0 spiro atoms. The van der Waals surface area contributed by atoms with Gasteiger partial charge in [0.05, 0.1) is 31.0 Å². The molecule has 2 N–H and O–H groups in total. The first-order chi connectivity index (χ1) is 9.95. The topological polar surface area (TPSA) is 95.7 Å². The molecule has 1 unspecified atom stereocenters. The van der Waals surface area contributed by atoms with Gasteiger partial charge in [0.2, 0.25) is 0 Å². The number of nitrogens with zero attached hydrogens (tertiary/aromatic N) is 3. The van der Waals surface area contributed by atoms with Gasteiger partial charge in [-0.3, -0.25) is 9.59 Å². The second-order valence-electron chi connectivity index (χ2n) is 5.66. The van der Waals surface area contributed by atoms with Gasteiger partial charge in [0, 0.05) is 19.2 Å². The largest absolute Gasteiger partial charge is 0.481 e. The highest BCUT2D eigenvalue weighted by molar-refractivity contribution is 5.67. The van der Waals surface area contributed by atoms with Crippen LogP contribution in [-0.2, 0) is 11.3 Å². The number of rotatable bonds is 5. The van der Waals surface area contributed by atoms with Gasteiger partial charge in [-0.25, -0.2) is 4.68 Å². The monoisotopic (exact) mass is 295 g/mol. The standard InChI is InChI=1S/C14H21N3O4/c1-10-2-4-16(5-3-10)11-6-13(19)17(15-8-11)9-12(18)7-14(20)21/h6,8,10,12,18H,2-5,7,9H2,1H3,(H,20,21). The van der Waals surface area contributed by atoms with Crippen LogP contribution in [0.2, 0.25) is 0 Å². The zero-order valence-corrected chi connectivity index (χ0v) is 12.1. The Balaban J connectivity index is 2.03. The number of aliphatic hydroxyl groups excluding tert-OH is 1. The molecular weight excluding hydrogens is 274 g/mol. The highest BCUT2D eigenvalue weighted by atomic mass is 16.4. The molecular formula is C14H21N3O4. The van der Waals surface area contributed by atoms with Gasteiger partial charge in [-0.15, -0.1) is 0 Å². The number of carbonyl (C=O) groups is 1. The summed E-state index contributed by atoms with van der Waals surface area (Å²) in [4.78, 5) is 24.6. The molecule has 0 saturated carbocycles. The van der Waals surface area contributed by atoms with Crippen molar-refractivity contribution >= 4 is 11.7 Å². The molecule has 1 saturated heterocycles. The number of hydrogen-bond acceptors (Lipinski definition) is 5. The number of aliphatic hydroxyl groups is 1. The van der Waals surface area contributed by atoms with Crippen LogP contribution in [0.25, 0.3) is 0 Å². The first-order valence-electron chi connectivity index (χ1n) is 7.17. The minimum absolute atomic E-state index is 0.109. The van der Waals surface area contributed by atoms with Crippen molar-refractivity contribution in [2.24, 2.45) is 5.92 Å². The van der Waals surface area contributed by atoms with E-state index in [0.717, 1.165) is 36.3 Å². The Hall–Kier alpha value is -1.89. The summed E-state index contributed by atoms with van der Waals surface area (Å²) < 4.78 is 1.10. The third kappa shape index (κ3) is 4.29. The second kappa shape index (κ2) is 6.71. The predicted octanol–water partition coefficient (Wildman–Crippen LogP) is 0.315. The summed E-state index contributed by atoms with van der Waals surface area (Å²) >= 11 is 0. The molecule has 0 radical (unpaired) electrons. The fourth-order valence-electron chi connectivity index (χ4n) is 2.47. The number of carboxylic acid groups (broad SMARTS) is 1. The van der Waals surface area contributed by atoms with Gasteiger partial charge < -0.3 is 15.1 Å². The predicted molar refractivity (Wildman–Crippen MR) is 77.4 cm³/mol. The van der Waals surface area contributed by atoms with Gasteiger partial charge in [0.15, 0.2) is 0 Å². The number of hydrogen-bond donors (Lipinski definition) is 2. The van der Waals surface area contributed by atoms with Crippen LogP contribution < -0.4 is 10.5 Å². The molecule has 1 fully saturated rings. The van der Waals surface area contributed by atoms with E-state index in [2.05, 4.69) is 16.9 Å². The zero-order valence-electron chi connectivity index (χ0n) is 12.1. The van der Waals surface area contributed by atoms with Crippen molar-refractivity contribution in [3.63, 3.8) is 0 Å². The van der Waals surface area contributed by atoms with Crippen LogP contribution in [0.1, 0.15) is 26.2 Å².